The van der Waals surface area contributed by atoms with Gasteiger partial charge in [0.1, 0.15) is 0 Å². The van der Waals surface area contributed by atoms with Crippen molar-refractivity contribution in [1.82, 2.24) is 0 Å². The first-order valence-electron chi connectivity index (χ1n) is 4.95. The average Bonchev–Trinajstić information content (AvgIpc) is 2.03. The van der Waals surface area contributed by atoms with Crippen LogP contribution in [0.5, 0.6) is 0 Å². The van der Waals surface area contributed by atoms with Gasteiger partial charge in [-0.2, -0.15) is 0 Å². The molecule has 0 aliphatic heterocycles. The van der Waals surface area contributed by atoms with Crippen LogP contribution < -0.4 is 24.0 Å². The summed E-state index contributed by atoms with van der Waals surface area (Å²) in [5.74, 6) is 0. The maximum Gasteiger partial charge on any atom is 2.00 e. The van der Waals surface area contributed by atoms with Gasteiger partial charge in [0.2, 0.25) is 0 Å². The molecule has 0 fully saturated rings. The SMILES string of the molecule is [CH-]=CCCCCCCCCC.[I-].[Mg+2]. The summed E-state index contributed by atoms with van der Waals surface area (Å²) >= 11 is 0. The molecule has 0 amide bonds. The Hall–Kier alpha value is 1.24. The van der Waals surface area contributed by atoms with Crippen molar-refractivity contribution in [2.75, 3.05) is 0 Å². The molecule has 0 aliphatic rings. The van der Waals surface area contributed by atoms with Gasteiger partial charge in [-0.1, -0.05) is 58.3 Å². The molecule has 0 saturated heterocycles. The Kier molecular flexibility index (Phi) is 28.7. The van der Waals surface area contributed by atoms with E-state index in [1.54, 1.807) is 6.08 Å². The van der Waals surface area contributed by atoms with Crippen LogP contribution in [0.4, 0.5) is 0 Å². The number of hydrogen-bond acceptors (Lipinski definition) is 0. The van der Waals surface area contributed by atoms with E-state index in [1.165, 1.54) is 44.9 Å². The van der Waals surface area contributed by atoms with Gasteiger partial charge in [0.05, 0.1) is 0 Å². The first-order valence-corrected chi connectivity index (χ1v) is 4.95. The van der Waals surface area contributed by atoms with Crippen LogP contribution in [0, 0.1) is 6.58 Å². The van der Waals surface area contributed by atoms with Crippen molar-refractivity contribution in [3.8, 4) is 0 Å². The summed E-state index contributed by atoms with van der Waals surface area (Å²) in [4.78, 5) is 0. The molecule has 0 radical (unpaired) electrons. The van der Waals surface area contributed by atoms with E-state index < -0.39 is 0 Å². The second-order valence-electron chi connectivity index (χ2n) is 3.15. The molecule has 0 rings (SSSR count). The summed E-state index contributed by atoms with van der Waals surface area (Å²) < 4.78 is 0. The normalized spacial score (nSPS) is 8.38. The van der Waals surface area contributed by atoms with E-state index >= 15 is 0 Å². The van der Waals surface area contributed by atoms with E-state index in [4.69, 9.17) is 6.58 Å². The van der Waals surface area contributed by atoms with Crippen molar-refractivity contribution in [3.05, 3.63) is 12.7 Å². The van der Waals surface area contributed by atoms with E-state index in [0.717, 1.165) is 6.42 Å². The molecule has 0 atom stereocenters. The fourth-order valence-corrected chi connectivity index (χ4v) is 1.22. The molecule has 74 valence electrons. The Morgan fingerprint density at radius 3 is 1.85 bits per heavy atom. The fourth-order valence-electron chi connectivity index (χ4n) is 1.22. The van der Waals surface area contributed by atoms with Crippen LogP contribution >= 0.6 is 0 Å². The number of unbranched alkanes of at least 4 members (excludes halogenated alkanes) is 7. The molecule has 0 spiro atoms. The van der Waals surface area contributed by atoms with Crippen LogP contribution in [0.15, 0.2) is 6.08 Å². The van der Waals surface area contributed by atoms with Gasteiger partial charge < -0.3 is 30.6 Å². The third-order valence-corrected chi connectivity index (χ3v) is 1.97. The van der Waals surface area contributed by atoms with Gasteiger partial charge in [0.25, 0.3) is 0 Å². The quantitative estimate of drug-likeness (QED) is 0.269. The molecule has 0 bridgehead atoms. The van der Waals surface area contributed by atoms with Crippen molar-refractivity contribution in [3.63, 3.8) is 0 Å². The van der Waals surface area contributed by atoms with E-state index in [-0.39, 0.29) is 47.0 Å². The topological polar surface area (TPSA) is 0 Å². The van der Waals surface area contributed by atoms with E-state index in [0.29, 0.717) is 0 Å². The number of halogens is 1. The Labute approximate surface area is 117 Å². The third kappa shape index (κ3) is 19.6. The predicted molar refractivity (Wildman–Crippen MR) is 57.2 cm³/mol. The molecular formula is C11H21IMg. The van der Waals surface area contributed by atoms with Crippen LogP contribution in [-0.4, -0.2) is 23.1 Å². The minimum Gasteiger partial charge on any atom is -1.00 e. The molecule has 0 nitrogen and oxygen atoms in total. The predicted octanol–water partition coefficient (Wildman–Crippen LogP) is 0.739. The van der Waals surface area contributed by atoms with Crippen LogP contribution in [0.3, 0.4) is 0 Å². The number of allylic oxidation sites excluding steroid dienone is 1. The molecule has 0 unspecified atom stereocenters. The van der Waals surface area contributed by atoms with Gasteiger partial charge in [0.15, 0.2) is 0 Å². The van der Waals surface area contributed by atoms with E-state index in [9.17, 15) is 0 Å². The van der Waals surface area contributed by atoms with Gasteiger partial charge in [0, 0.05) is 0 Å². The minimum absolute atomic E-state index is 0. The molecule has 0 heterocycles. The maximum absolute atomic E-state index is 5.27. The van der Waals surface area contributed by atoms with E-state index in [1.807, 2.05) is 0 Å². The van der Waals surface area contributed by atoms with Gasteiger partial charge in [-0.25, -0.2) is 0 Å². The van der Waals surface area contributed by atoms with Crippen LogP contribution in [0.1, 0.15) is 58.3 Å². The monoisotopic (exact) mass is 304 g/mol. The summed E-state index contributed by atoms with van der Waals surface area (Å²) in [6.07, 6.45) is 12.5. The Morgan fingerprint density at radius 1 is 0.923 bits per heavy atom. The Morgan fingerprint density at radius 2 is 1.38 bits per heavy atom. The molecule has 0 aromatic rings. The minimum atomic E-state index is 0. The largest absolute Gasteiger partial charge is 2.00 e. The molecule has 0 saturated carbocycles. The summed E-state index contributed by atoms with van der Waals surface area (Å²) in [5.41, 5.74) is 0. The molecule has 0 aromatic carbocycles. The summed E-state index contributed by atoms with van der Waals surface area (Å²) in [6.45, 7) is 7.52. The molecule has 0 aromatic heterocycles. The van der Waals surface area contributed by atoms with Gasteiger partial charge >= 0.3 is 23.1 Å². The molecule has 0 aliphatic carbocycles. The maximum atomic E-state index is 5.27. The Bertz CT molecular complexity index is 84.2. The average molecular weight is 304 g/mol. The van der Waals surface area contributed by atoms with Crippen molar-refractivity contribution in [1.29, 1.82) is 0 Å². The van der Waals surface area contributed by atoms with Crippen molar-refractivity contribution in [2.45, 2.75) is 58.3 Å². The van der Waals surface area contributed by atoms with Crippen molar-refractivity contribution >= 4 is 23.1 Å². The van der Waals surface area contributed by atoms with Crippen LogP contribution in [0.25, 0.3) is 0 Å². The second-order valence-corrected chi connectivity index (χ2v) is 3.15. The zero-order valence-electron chi connectivity index (χ0n) is 8.90. The van der Waals surface area contributed by atoms with Gasteiger partial charge in [-0.3, -0.25) is 6.08 Å². The smallest absolute Gasteiger partial charge is 1.00 e. The molecule has 13 heavy (non-hydrogen) atoms. The van der Waals surface area contributed by atoms with Crippen molar-refractivity contribution < 1.29 is 24.0 Å². The van der Waals surface area contributed by atoms with Crippen LogP contribution in [0.2, 0.25) is 0 Å². The van der Waals surface area contributed by atoms with E-state index in [2.05, 4.69) is 6.92 Å². The first-order chi connectivity index (χ1) is 5.41. The Balaban J connectivity index is -0.000000500. The zero-order chi connectivity index (χ0) is 8.36. The third-order valence-electron chi connectivity index (χ3n) is 1.97. The second kappa shape index (κ2) is 18.9. The molecule has 0 N–H and O–H groups in total. The number of rotatable bonds is 8. The summed E-state index contributed by atoms with van der Waals surface area (Å²) in [7, 11) is 0. The van der Waals surface area contributed by atoms with Gasteiger partial charge in [-0.15, -0.1) is 0 Å². The fraction of sp³-hybridized carbons (Fsp3) is 0.818. The molecular weight excluding hydrogens is 283 g/mol. The standard InChI is InChI=1S/C11H21.HI.Mg/c1-3-5-7-9-11-10-8-6-4-2;;/h1,3H,4-11H2,2H3;1H;/q-1;;+2/p-1. The zero-order valence-corrected chi connectivity index (χ0v) is 12.5. The molecule has 2 heteroatoms. The summed E-state index contributed by atoms with van der Waals surface area (Å²) in [5, 5.41) is 0. The van der Waals surface area contributed by atoms with Gasteiger partial charge in [-0.05, 0) is 0 Å². The van der Waals surface area contributed by atoms with Crippen LogP contribution in [-0.2, 0) is 0 Å². The van der Waals surface area contributed by atoms with Crippen molar-refractivity contribution in [2.24, 2.45) is 0 Å². The summed E-state index contributed by atoms with van der Waals surface area (Å²) in [6, 6.07) is 0. The number of hydrogen-bond donors (Lipinski definition) is 0. The first kappa shape index (κ1) is 19.8.